The van der Waals surface area contributed by atoms with Gasteiger partial charge in [0, 0.05) is 57.2 Å². The second-order valence-corrected chi connectivity index (χ2v) is 11.9. The minimum absolute atomic E-state index is 0.0497. The van der Waals surface area contributed by atoms with Crippen molar-refractivity contribution in [3.63, 3.8) is 0 Å². The number of carbonyl (C=O) groups is 3. The number of likely N-dealkylation sites (tertiary alicyclic amines) is 1. The molecule has 45 heavy (non-hydrogen) atoms. The quantitative estimate of drug-likeness (QED) is 0.521. The van der Waals surface area contributed by atoms with Crippen LogP contribution in [0.5, 0.6) is 23.0 Å². The van der Waals surface area contributed by atoms with Crippen molar-refractivity contribution in [1.82, 2.24) is 25.3 Å². The predicted molar refractivity (Wildman–Crippen MR) is 168 cm³/mol. The molecule has 0 radical (unpaired) electrons. The number of rotatable bonds is 4. The van der Waals surface area contributed by atoms with Gasteiger partial charge in [-0.1, -0.05) is 6.07 Å². The van der Waals surface area contributed by atoms with Gasteiger partial charge in [0.2, 0.25) is 11.8 Å². The molecule has 0 aliphatic carbocycles. The zero-order valence-corrected chi connectivity index (χ0v) is 26.5. The average molecular weight is 624 g/mol. The molecule has 4 aliphatic rings. The van der Waals surface area contributed by atoms with Gasteiger partial charge in [0.1, 0.15) is 17.6 Å². The summed E-state index contributed by atoms with van der Waals surface area (Å²) in [5.41, 5.74) is 1.70. The number of aryl methyl sites for hydroxylation is 1. The third-order valence-electron chi connectivity index (χ3n) is 8.67. The molecule has 4 bridgehead atoms. The van der Waals surface area contributed by atoms with Crippen LogP contribution in [0.3, 0.4) is 0 Å². The largest absolute Gasteiger partial charge is 0.496 e. The summed E-state index contributed by atoms with van der Waals surface area (Å²) in [5, 5.41) is 6.04. The van der Waals surface area contributed by atoms with Crippen molar-refractivity contribution in [3.8, 4) is 23.0 Å². The normalized spacial score (nSPS) is 22.2. The number of amides is 3. The van der Waals surface area contributed by atoms with Crippen molar-refractivity contribution < 1.29 is 33.3 Å². The number of likely N-dealkylation sites (N-methyl/N-ethyl adjacent to an activating group) is 1. The van der Waals surface area contributed by atoms with E-state index in [4.69, 9.17) is 18.9 Å². The van der Waals surface area contributed by atoms with Gasteiger partial charge in [-0.25, -0.2) is 0 Å². The molecule has 2 fully saturated rings. The Morgan fingerprint density at radius 3 is 2.62 bits per heavy atom. The van der Waals surface area contributed by atoms with Crippen LogP contribution in [0.15, 0.2) is 36.4 Å². The zero-order valence-electron chi connectivity index (χ0n) is 26.5. The molecule has 12 heteroatoms. The van der Waals surface area contributed by atoms with E-state index in [1.54, 1.807) is 25.3 Å². The minimum atomic E-state index is -0.464. The molecule has 0 saturated carbocycles. The Bertz CT molecular complexity index is 1350. The van der Waals surface area contributed by atoms with E-state index in [2.05, 4.69) is 27.5 Å². The molecule has 2 saturated heterocycles. The van der Waals surface area contributed by atoms with Gasteiger partial charge in [-0.3, -0.25) is 19.3 Å². The number of methoxy groups -OCH3 is 2. The van der Waals surface area contributed by atoms with E-state index in [-0.39, 0.29) is 36.9 Å². The van der Waals surface area contributed by atoms with Crippen molar-refractivity contribution in [2.75, 3.05) is 73.7 Å². The van der Waals surface area contributed by atoms with Crippen LogP contribution in [0.2, 0.25) is 0 Å². The van der Waals surface area contributed by atoms with Crippen molar-refractivity contribution in [2.45, 2.75) is 44.4 Å². The zero-order chi connectivity index (χ0) is 31.8. The topological polar surface area (TPSA) is 122 Å². The van der Waals surface area contributed by atoms with E-state index in [1.165, 1.54) is 7.11 Å². The SMILES string of the molecule is COc1cc2ccc1CNC(=O)CCc1ccc(OC)c(c1)OCC(=O)N[C@@H]1CN(C(=O)CN3CCCN(C)CC3)CC[C@@H]1O2. The summed E-state index contributed by atoms with van der Waals surface area (Å²) < 4.78 is 23.4. The summed E-state index contributed by atoms with van der Waals surface area (Å²) >= 11 is 0. The molecule has 12 nitrogen and oxygen atoms in total. The third-order valence-corrected chi connectivity index (χ3v) is 8.67. The smallest absolute Gasteiger partial charge is 0.258 e. The van der Waals surface area contributed by atoms with Gasteiger partial charge >= 0.3 is 0 Å². The summed E-state index contributed by atoms with van der Waals surface area (Å²) in [4.78, 5) is 45.7. The fraction of sp³-hybridized carbons (Fsp3) is 0.545. The first-order valence-electron chi connectivity index (χ1n) is 15.7. The van der Waals surface area contributed by atoms with Crippen LogP contribution in [0.25, 0.3) is 0 Å². The lowest BCUT2D eigenvalue weighted by atomic mass is 10.0. The molecule has 2 atom stereocenters. The van der Waals surface area contributed by atoms with Crippen LogP contribution in [-0.2, 0) is 27.3 Å². The first kappa shape index (κ1) is 32.4. The van der Waals surface area contributed by atoms with E-state index < -0.39 is 6.04 Å². The Morgan fingerprint density at radius 1 is 0.956 bits per heavy atom. The molecule has 3 amide bonds. The molecule has 0 unspecified atom stereocenters. The molecule has 4 aliphatic heterocycles. The maximum absolute atomic E-state index is 13.4. The third kappa shape index (κ3) is 8.79. The second-order valence-electron chi connectivity index (χ2n) is 11.9. The summed E-state index contributed by atoms with van der Waals surface area (Å²) in [6.07, 6.45) is 1.95. The Kier molecular flexibility index (Phi) is 11.0. The number of nitrogens with one attached hydrogen (secondary N) is 2. The maximum atomic E-state index is 13.4. The Hall–Kier alpha value is -4.03. The highest BCUT2D eigenvalue weighted by molar-refractivity contribution is 5.80. The summed E-state index contributed by atoms with van der Waals surface area (Å²) in [6, 6.07) is 10.5. The molecule has 2 aromatic carbocycles. The highest BCUT2D eigenvalue weighted by Crippen LogP contribution is 2.30. The molecular weight excluding hydrogens is 578 g/mol. The first-order chi connectivity index (χ1) is 21.8. The number of nitrogens with zero attached hydrogens (tertiary/aromatic N) is 3. The molecule has 244 valence electrons. The fourth-order valence-corrected chi connectivity index (χ4v) is 6.03. The number of fused-ring (bicyclic) bond motifs is 9. The second kappa shape index (κ2) is 15.3. The minimum Gasteiger partial charge on any atom is -0.496 e. The number of ether oxygens (including phenoxy) is 4. The van der Waals surface area contributed by atoms with Crippen molar-refractivity contribution in [3.05, 3.63) is 47.5 Å². The lowest BCUT2D eigenvalue weighted by Crippen LogP contribution is -2.59. The van der Waals surface area contributed by atoms with E-state index >= 15 is 0 Å². The van der Waals surface area contributed by atoms with Gasteiger partial charge in [0.15, 0.2) is 18.1 Å². The molecular formula is C33H45N5O7. The van der Waals surface area contributed by atoms with E-state index in [0.717, 1.165) is 43.7 Å². The number of benzene rings is 2. The summed E-state index contributed by atoms with van der Waals surface area (Å²) in [7, 11) is 5.23. The molecule has 2 aromatic rings. The highest BCUT2D eigenvalue weighted by atomic mass is 16.5. The molecule has 6 rings (SSSR count). The Labute approximate surface area is 264 Å². The van der Waals surface area contributed by atoms with Crippen LogP contribution in [-0.4, -0.2) is 118 Å². The lowest BCUT2D eigenvalue weighted by Gasteiger charge is -2.39. The standard InChI is InChI=1S/C33H45N5O7/c1-36-12-4-13-37(16-15-36)21-33(41)38-14-11-27-26(20-38)35-32(40)22-44-30-17-23(5-9-28(30)42-2)6-10-31(39)34-19-24-7-8-25(45-27)18-29(24)43-3/h5,7-9,17-18,26-27H,4,6,10-16,19-22H2,1-3H3,(H,34,39)(H,35,40)/t26-,27+/m1/s1. The fourth-order valence-electron chi connectivity index (χ4n) is 6.03. The van der Waals surface area contributed by atoms with Crippen molar-refractivity contribution in [2.24, 2.45) is 0 Å². The van der Waals surface area contributed by atoms with Crippen molar-refractivity contribution in [1.29, 1.82) is 0 Å². The van der Waals surface area contributed by atoms with Crippen LogP contribution in [0.4, 0.5) is 0 Å². The van der Waals surface area contributed by atoms with Crippen molar-refractivity contribution >= 4 is 17.7 Å². The molecule has 0 aromatic heterocycles. The van der Waals surface area contributed by atoms with E-state index in [0.29, 0.717) is 62.0 Å². The number of carbonyl (C=O) groups excluding carboxylic acids is 3. The Morgan fingerprint density at radius 2 is 1.80 bits per heavy atom. The summed E-state index contributed by atoms with van der Waals surface area (Å²) in [6.45, 7) is 4.96. The van der Waals surface area contributed by atoms with Gasteiger partial charge in [-0.2, -0.15) is 0 Å². The van der Waals surface area contributed by atoms with Crippen LogP contribution in [0, 0.1) is 0 Å². The van der Waals surface area contributed by atoms with E-state index in [1.807, 2.05) is 23.1 Å². The number of hydrogen-bond acceptors (Lipinski definition) is 9. The van der Waals surface area contributed by atoms with Gasteiger partial charge in [-0.15, -0.1) is 0 Å². The monoisotopic (exact) mass is 623 g/mol. The highest BCUT2D eigenvalue weighted by Gasteiger charge is 2.35. The van der Waals surface area contributed by atoms with Gasteiger partial charge < -0.3 is 39.4 Å². The molecule has 2 N–H and O–H groups in total. The molecule has 0 spiro atoms. The van der Waals surface area contributed by atoms with Gasteiger partial charge in [0.05, 0.1) is 26.8 Å². The number of hydrogen-bond donors (Lipinski definition) is 2. The molecule has 4 heterocycles. The maximum Gasteiger partial charge on any atom is 0.258 e. The van der Waals surface area contributed by atoms with Gasteiger partial charge in [-0.05, 0) is 62.8 Å². The Balaban J connectivity index is 1.35. The first-order valence-corrected chi connectivity index (χ1v) is 15.7. The van der Waals surface area contributed by atoms with Gasteiger partial charge in [0.25, 0.3) is 5.91 Å². The average Bonchev–Trinajstić information content (AvgIpc) is 3.25. The van der Waals surface area contributed by atoms with E-state index in [9.17, 15) is 14.4 Å². The predicted octanol–water partition coefficient (Wildman–Crippen LogP) is 1.45. The summed E-state index contributed by atoms with van der Waals surface area (Å²) in [5.74, 6) is 1.70. The number of piperidine rings is 1. The van der Waals surface area contributed by atoms with Crippen LogP contribution in [0.1, 0.15) is 30.4 Å². The van der Waals surface area contributed by atoms with Crippen LogP contribution < -0.4 is 29.6 Å². The van der Waals surface area contributed by atoms with Crippen LogP contribution >= 0.6 is 0 Å². The lowest BCUT2D eigenvalue weighted by molar-refractivity contribution is -0.136.